The molecule has 1 N–H and O–H groups in total. The number of carbonyl (C=O) groups excluding carboxylic acids is 1. The monoisotopic (exact) mass is 241 g/mol. The van der Waals surface area contributed by atoms with Gasteiger partial charge in [-0.25, -0.2) is 0 Å². The first-order chi connectivity index (χ1) is 7.67. The fraction of sp³-hybridized carbons (Fsp3) is 0.417. The van der Waals surface area contributed by atoms with Gasteiger partial charge in [0.15, 0.2) is 0 Å². The third-order valence-electron chi connectivity index (χ3n) is 2.04. The topological polar surface area (TPSA) is 38.3 Å². The zero-order chi connectivity index (χ0) is 12.0. The molecule has 0 aromatic heterocycles. The summed E-state index contributed by atoms with van der Waals surface area (Å²) in [5.74, 6) is 1.06. The Hall–Kier alpha value is -1.22. The van der Waals surface area contributed by atoms with Gasteiger partial charge in [0.05, 0.1) is 6.61 Å². The van der Waals surface area contributed by atoms with Crippen molar-refractivity contribution in [1.82, 2.24) is 5.32 Å². The third kappa shape index (κ3) is 3.74. The lowest BCUT2D eigenvalue weighted by atomic mass is 10.2. The number of amides is 1. The maximum absolute atomic E-state index is 11.7. The number of benzene rings is 1. The molecule has 0 heterocycles. The molecule has 88 valence electrons. The van der Waals surface area contributed by atoms with Gasteiger partial charge in [0.25, 0.3) is 5.91 Å². The summed E-state index contributed by atoms with van der Waals surface area (Å²) in [5, 5.41) is 2.79. The summed E-state index contributed by atoms with van der Waals surface area (Å²) in [6.45, 7) is 4.40. The molecular weight excluding hydrogens is 226 g/mol. The van der Waals surface area contributed by atoms with E-state index in [1.54, 1.807) is 24.3 Å². The van der Waals surface area contributed by atoms with Crippen molar-refractivity contribution in [3.8, 4) is 5.75 Å². The third-order valence-corrected chi connectivity index (χ3v) is 2.50. The van der Waals surface area contributed by atoms with E-state index in [-0.39, 0.29) is 11.9 Å². The summed E-state index contributed by atoms with van der Waals surface area (Å²) in [6, 6.07) is 7.01. The number of carbonyl (C=O) groups is 1. The molecule has 1 aromatic rings. The first-order valence-corrected chi connectivity index (χ1v) is 5.80. The second kappa shape index (κ2) is 6.38. The van der Waals surface area contributed by atoms with Crippen LogP contribution in [0.2, 0.25) is 0 Å². The second-order valence-electron chi connectivity index (χ2n) is 3.49. The molecule has 1 atom stereocenters. The van der Waals surface area contributed by atoms with Crippen LogP contribution in [-0.2, 0) is 0 Å². The average molecular weight is 242 g/mol. The average Bonchev–Trinajstić information content (AvgIpc) is 2.30. The number of rotatable bonds is 5. The van der Waals surface area contributed by atoms with E-state index in [9.17, 15) is 4.79 Å². The molecule has 0 aliphatic rings. The van der Waals surface area contributed by atoms with Crippen LogP contribution in [0, 0.1) is 0 Å². The minimum absolute atomic E-state index is 0.0271. The van der Waals surface area contributed by atoms with Gasteiger partial charge in [-0.1, -0.05) is 0 Å². The predicted octanol–water partition coefficient (Wildman–Crippen LogP) is 2.44. The zero-order valence-electron chi connectivity index (χ0n) is 9.50. The molecule has 0 aliphatic heterocycles. The van der Waals surface area contributed by atoms with E-state index in [0.29, 0.717) is 18.1 Å². The Bertz CT molecular complexity index is 337. The Morgan fingerprint density at radius 1 is 1.44 bits per heavy atom. The summed E-state index contributed by atoms with van der Waals surface area (Å²) in [4.78, 5) is 11.7. The van der Waals surface area contributed by atoms with E-state index in [4.69, 9.17) is 16.3 Å². The lowest BCUT2D eigenvalue weighted by Crippen LogP contribution is -2.33. The van der Waals surface area contributed by atoms with Gasteiger partial charge >= 0.3 is 0 Å². The number of hydrogen-bond donors (Lipinski definition) is 1. The molecule has 1 unspecified atom stereocenters. The van der Waals surface area contributed by atoms with Crippen molar-refractivity contribution in [3.05, 3.63) is 29.8 Å². The molecule has 16 heavy (non-hydrogen) atoms. The number of hydrogen-bond acceptors (Lipinski definition) is 2. The van der Waals surface area contributed by atoms with E-state index < -0.39 is 0 Å². The highest BCUT2D eigenvalue weighted by atomic mass is 35.5. The first kappa shape index (κ1) is 12.8. The molecule has 0 spiro atoms. The van der Waals surface area contributed by atoms with Gasteiger partial charge in [0.1, 0.15) is 5.75 Å². The van der Waals surface area contributed by atoms with Crippen molar-refractivity contribution >= 4 is 17.5 Å². The van der Waals surface area contributed by atoms with E-state index in [2.05, 4.69) is 5.32 Å². The van der Waals surface area contributed by atoms with Gasteiger partial charge in [-0.3, -0.25) is 4.79 Å². The number of ether oxygens (including phenoxy) is 1. The summed E-state index contributed by atoms with van der Waals surface area (Å²) in [6.07, 6.45) is 0. The molecule has 0 saturated heterocycles. The van der Waals surface area contributed by atoms with Crippen molar-refractivity contribution in [2.75, 3.05) is 12.5 Å². The van der Waals surface area contributed by atoms with Gasteiger partial charge in [0, 0.05) is 17.5 Å². The smallest absolute Gasteiger partial charge is 0.251 e. The van der Waals surface area contributed by atoms with Crippen molar-refractivity contribution in [1.29, 1.82) is 0 Å². The van der Waals surface area contributed by atoms with Crippen LogP contribution < -0.4 is 10.1 Å². The summed E-state index contributed by atoms with van der Waals surface area (Å²) in [7, 11) is 0. The van der Waals surface area contributed by atoms with Gasteiger partial charge in [0.2, 0.25) is 0 Å². The van der Waals surface area contributed by atoms with Crippen LogP contribution in [0.25, 0.3) is 0 Å². The Morgan fingerprint density at radius 2 is 2.06 bits per heavy atom. The van der Waals surface area contributed by atoms with E-state index in [0.717, 1.165) is 5.75 Å². The Morgan fingerprint density at radius 3 is 2.56 bits per heavy atom. The quantitative estimate of drug-likeness (QED) is 0.805. The van der Waals surface area contributed by atoms with Crippen molar-refractivity contribution < 1.29 is 9.53 Å². The SMILES string of the molecule is CCOc1ccc(C(=O)NC(C)CCl)cc1. The van der Waals surface area contributed by atoms with Crippen LogP contribution in [-0.4, -0.2) is 24.4 Å². The van der Waals surface area contributed by atoms with Crippen molar-refractivity contribution in [2.45, 2.75) is 19.9 Å². The van der Waals surface area contributed by atoms with Gasteiger partial charge in [-0.2, -0.15) is 0 Å². The van der Waals surface area contributed by atoms with Gasteiger partial charge in [-0.15, -0.1) is 11.6 Å². The molecule has 1 amide bonds. The Balaban J connectivity index is 2.63. The summed E-state index contributed by atoms with van der Waals surface area (Å²) >= 11 is 5.62. The Kier molecular flexibility index (Phi) is 5.12. The van der Waals surface area contributed by atoms with Gasteiger partial charge in [-0.05, 0) is 38.1 Å². The zero-order valence-corrected chi connectivity index (χ0v) is 10.3. The van der Waals surface area contributed by atoms with Crippen LogP contribution in [0.3, 0.4) is 0 Å². The summed E-state index contributed by atoms with van der Waals surface area (Å²) < 4.78 is 5.29. The van der Waals surface area contributed by atoms with Crippen LogP contribution in [0.5, 0.6) is 5.75 Å². The highest BCUT2D eigenvalue weighted by Gasteiger charge is 2.08. The van der Waals surface area contributed by atoms with Gasteiger partial charge < -0.3 is 10.1 Å². The van der Waals surface area contributed by atoms with Crippen LogP contribution in [0.15, 0.2) is 24.3 Å². The lowest BCUT2D eigenvalue weighted by Gasteiger charge is -2.10. The van der Waals surface area contributed by atoms with Crippen LogP contribution >= 0.6 is 11.6 Å². The Labute approximate surface area is 101 Å². The molecular formula is C12H16ClNO2. The molecule has 0 fully saturated rings. The van der Waals surface area contributed by atoms with Crippen molar-refractivity contribution in [2.24, 2.45) is 0 Å². The van der Waals surface area contributed by atoms with E-state index in [1.165, 1.54) is 0 Å². The highest BCUT2D eigenvalue weighted by Crippen LogP contribution is 2.12. The van der Waals surface area contributed by atoms with Crippen LogP contribution in [0.1, 0.15) is 24.2 Å². The number of nitrogens with one attached hydrogen (secondary N) is 1. The number of halogens is 1. The molecule has 1 rings (SSSR count). The fourth-order valence-corrected chi connectivity index (χ4v) is 1.29. The molecule has 3 nitrogen and oxygen atoms in total. The normalized spacial score (nSPS) is 11.9. The minimum atomic E-state index is -0.115. The summed E-state index contributed by atoms with van der Waals surface area (Å²) in [5.41, 5.74) is 0.611. The highest BCUT2D eigenvalue weighted by molar-refractivity contribution is 6.18. The molecule has 4 heteroatoms. The first-order valence-electron chi connectivity index (χ1n) is 5.27. The largest absolute Gasteiger partial charge is 0.494 e. The molecule has 0 radical (unpaired) electrons. The standard InChI is InChI=1S/C12H16ClNO2/c1-3-16-11-6-4-10(5-7-11)12(15)14-9(2)8-13/h4-7,9H,3,8H2,1-2H3,(H,14,15). The maximum atomic E-state index is 11.7. The lowest BCUT2D eigenvalue weighted by molar-refractivity contribution is 0.0943. The van der Waals surface area contributed by atoms with Crippen molar-refractivity contribution in [3.63, 3.8) is 0 Å². The molecule has 0 aliphatic carbocycles. The molecule has 1 aromatic carbocycles. The van der Waals surface area contributed by atoms with E-state index in [1.807, 2.05) is 13.8 Å². The fourth-order valence-electron chi connectivity index (χ4n) is 1.21. The molecule has 0 bridgehead atoms. The maximum Gasteiger partial charge on any atom is 0.251 e. The predicted molar refractivity (Wildman–Crippen MR) is 65.3 cm³/mol. The second-order valence-corrected chi connectivity index (χ2v) is 3.79. The molecule has 0 saturated carbocycles. The van der Waals surface area contributed by atoms with E-state index >= 15 is 0 Å². The minimum Gasteiger partial charge on any atom is -0.494 e. The number of alkyl halides is 1. The van der Waals surface area contributed by atoms with Crippen LogP contribution in [0.4, 0.5) is 0 Å².